The fourth-order valence-electron chi connectivity index (χ4n) is 6.21. The molecule has 0 atom stereocenters. The standard InChI is InChI=1S/C40H28N2/c1-3-11-29(12-4-1)30-19-22-33(23-20-30)41(32-14-5-2-6-15-32)34-24-26-35(27-25-34)42-39-18-10-9-17-37(39)38-28-21-31-13-7-8-16-36(31)40(38)42/h1-28H. The first-order valence-corrected chi connectivity index (χ1v) is 14.4. The summed E-state index contributed by atoms with van der Waals surface area (Å²) in [5.74, 6) is 0. The van der Waals surface area contributed by atoms with Crippen LogP contribution in [0.1, 0.15) is 0 Å². The van der Waals surface area contributed by atoms with Gasteiger partial charge in [0.1, 0.15) is 0 Å². The maximum Gasteiger partial charge on any atom is 0.0619 e. The zero-order valence-corrected chi connectivity index (χ0v) is 23.1. The van der Waals surface area contributed by atoms with Gasteiger partial charge in [0.2, 0.25) is 0 Å². The van der Waals surface area contributed by atoms with Crippen LogP contribution in [0.15, 0.2) is 170 Å². The summed E-state index contributed by atoms with van der Waals surface area (Å²) in [6.45, 7) is 0. The van der Waals surface area contributed by atoms with E-state index in [1.165, 1.54) is 43.7 Å². The molecule has 198 valence electrons. The van der Waals surface area contributed by atoms with Gasteiger partial charge >= 0.3 is 0 Å². The molecule has 0 spiro atoms. The zero-order chi connectivity index (χ0) is 27.9. The molecule has 42 heavy (non-hydrogen) atoms. The molecule has 8 aromatic rings. The predicted octanol–water partition coefficient (Wildman–Crippen LogP) is 11.1. The molecule has 1 aromatic heterocycles. The van der Waals surface area contributed by atoms with Gasteiger partial charge in [-0.05, 0) is 71.1 Å². The van der Waals surface area contributed by atoms with Crippen LogP contribution in [-0.2, 0) is 0 Å². The van der Waals surface area contributed by atoms with Crippen LogP contribution in [0, 0.1) is 0 Å². The minimum atomic E-state index is 1.11. The first-order valence-electron chi connectivity index (χ1n) is 14.4. The lowest BCUT2D eigenvalue weighted by Crippen LogP contribution is -2.10. The molecule has 0 saturated heterocycles. The summed E-state index contributed by atoms with van der Waals surface area (Å²) in [5, 5.41) is 5.06. The summed E-state index contributed by atoms with van der Waals surface area (Å²) in [7, 11) is 0. The van der Waals surface area contributed by atoms with Crippen molar-refractivity contribution in [2.24, 2.45) is 0 Å². The van der Waals surface area contributed by atoms with Crippen molar-refractivity contribution >= 4 is 49.6 Å². The lowest BCUT2D eigenvalue weighted by atomic mass is 10.0. The van der Waals surface area contributed by atoms with E-state index in [1.54, 1.807) is 0 Å². The van der Waals surface area contributed by atoms with Crippen molar-refractivity contribution in [3.8, 4) is 16.8 Å². The van der Waals surface area contributed by atoms with Gasteiger partial charge in [-0.15, -0.1) is 0 Å². The molecule has 0 aliphatic rings. The molecule has 1 heterocycles. The van der Waals surface area contributed by atoms with Crippen molar-refractivity contribution in [1.82, 2.24) is 4.57 Å². The van der Waals surface area contributed by atoms with Gasteiger partial charge in [-0.2, -0.15) is 0 Å². The van der Waals surface area contributed by atoms with Gasteiger partial charge in [-0.25, -0.2) is 0 Å². The van der Waals surface area contributed by atoms with Gasteiger partial charge in [-0.1, -0.05) is 115 Å². The van der Waals surface area contributed by atoms with E-state index in [4.69, 9.17) is 0 Å². The first kappa shape index (κ1) is 24.2. The van der Waals surface area contributed by atoms with E-state index in [9.17, 15) is 0 Å². The van der Waals surface area contributed by atoms with Crippen molar-refractivity contribution in [3.63, 3.8) is 0 Å². The molecule has 0 N–H and O–H groups in total. The van der Waals surface area contributed by atoms with E-state index in [2.05, 4.69) is 179 Å². The van der Waals surface area contributed by atoms with Gasteiger partial charge in [0.15, 0.2) is 0 Å². The van der Waals surface area contributed by atoms with Crippen LogP contribution in [0.2, 0.25) is 0 Å². The van der Waals surface area contributed by atoms with E-state index in [0.717, 1.165) is 22.7 Å². The highest BCUT2D eigenvalue weighted by Gasteiger charge is 2.16. The largest absolute Gasteiger partial charge is 0.311 e. The number of hydrogen-bond acceptors (Lipinski definition) is 1. The van der Waals surface area contributed by atoms with Crippen LogP contribution < -0.4 is 4.90 Å². The summed E-state index contributed by atoms with van der Waals surface area (Å²) in [6, 6.07) is 60.8. The van der Waals surface area contributed by atoms with Crippen molar-refractivity contribution in [1.29, 1.82) is 0 Å². The third-order valence-corrected chi connectivity index (χ3v) is 8.17. The van der Waals surface area contributed by atoms with Crippen LogP contribution in [-0.4, -0.2) is 4.57 Å². The molecule has 0 aliphatic carbocycles. The minimum absolute atomic E-state index is 1.11. The van der Waals surface area contributed by atoms with Gasteiger partial charge in [0.05, 0.1) is 11.0 Å². The van der Waals surface area contributed by atoms with Crippen molar-refractivity contribution in [2.45, 2.75) is 0 Å². The molecule has 0 unspecified atom stereocenters. The smallest absolute Gasteiger partial charge is 0.0619 e. The predicted molar refractivity (Wildman–Crippen MR) is 178 cm³/mol. The van der Waals surface area contributed by atoms with Gasteiger partial charge in [0, 0.05) is 38.9 Å². The molecular weight excluding hydrogens is 508 g/mol. The Balaban J connectivity index is 1.26. The Labute approximate surface area is 245 Å². The number of benzene rings is 7. The SMILES string of the molecule is c1ccc(-c2ccc(N(c3ccccc3)c3ccc(-n4c5ccccc5c5ccc6ccccc6c54)cc3)cc2)cc1. The van der Waals surface area contributed by atoms with Gasteiger partial charge in [-0.3, -0.25) is 0 Å². The highest BCUT2D eigenvalue weighted by molar-refractivity contribution is 6.18. The quantitative estimate of drug-likeness (QED) is 0.212. The summed E-state index contributed by atoms with van der Waals surface area (Å²) in [4.78, 5) is 2.32. The van der Waals surface area contributed by atoms with Crippen LogP contribution >= 0.6 is 0 Å². The van der Waals surface area contributed by atoms with E-state index in [-0.39, 0.29) is 0 Å². The number of aromatic nitrogens is 1. The average Bonchev–Trinajstić information content (AvgIpc) is 3.41. The number of para-hydroxylation sites is 2. The molecule has 0 saturated carbocycles. The third-order valence-electron chi connectivity index (χ3n) is 8.17. The zero-order valence-electron chi connectivity index (χ0n) is 23.1. The van der Waals surface area contributed by atoms with E-state index < -0.39 is 0 Å². The molecule has 8 rings (SSSR count). The highest BCUT2D eigenvalue weighted by Crippen LogP contribution is 2.39. The fraction of sp³-hybridized carbons (Fsp3) is 0. The van der Waals surface area contributed by atoms with Crippen LogP contribution in [0.25, 0.3) is 49.4 Å². The number of anilines is 3. The maximum atomic E-state index is 2.41. The summed E-state index contributed by atoms with van der Waals surface area (Å²) in [6.07, 6.45) is 0. The Hall–Kier alpha value is -5.60. The second-order valence-electron chi connectivity index (χ2n) is 10.6. The average molecular weight is 537 g/mol. The number of rotatable bonds is 5. The Morgan fingerprint density at radius 1 is 0.357 bits per heavy atom. The van der Waals surface area contributed by atoms with Crippen molar-refractivity contribution < 1.29 is 0 Å². The molecule has 2 nitrogen and oxygen atoms in total. The summed E-state index contributed by atoms with van der Waals surface area (Å²) < 4.78 is 2.41. The lowest BCUT2D eigenvalue weighted by molar-refractivity contribution is 1.18. The Kier molecular flexibility index (Phi) is 5.82. The summed E-state index contributed by atoms with van der Waals surface area (Å²) >= 11 is 0. The lowest BCUT2D eigenvalue weighted by Gasteiger charge is -2.26. The molecule has 0 fully saturated rings. The third kappa shape index (κ3) is 4.05. The molecule has 7 aromatic carbocycles. The van der Waals surface area contributed by atoms with Gasteiger partial charge < -0.3 is 9.47 Å². The van der Waals surface area contributed by atoms with Crippen LogP contribution in [0.5, 0.6) is 0 Å². The number of hydrogen-bond donors (Lipinski definition) is 0. The molecule has 0 bridgehead atoms. The molecule has 0 radical (unpaired) electrons. The van der Waals surface area contributed by atoms with E-state index >= 15 is 0 Å². The van der Waals surface area contributed by atoms with Crippen LogP contribution in [0.4, 0.5) is 17.1 Å². The number of fused-ring (bicyclic) bond motifs is 5. The Morgan fingerprint density at radius 3 is 1.64 bits per heavy atom. The minimum Gasteiger partial charge on any atom is -0.311 e. The van der Waals surface area contributed by atoms with Crippen LogP contribution in [0.3, 0.4) is 0 Å². The Bertz CT molecular complexity index is 2160. The Morgan fingerprint density at radius 2 is 0.905 bits per heavy atom. The topological polar surface area (TPSA) is 8.17 Å². The van der Waals surface area contributed by atoms with Crippen molar-refractivity contribution in [2.75, 3.05) is 4.90 Å². The fourth-order valence-corrected chi connectivity index (χ4v) is 6.21. The number of nitrogens with zero attached hydrogens (tertiary/aromatic N) is 2. The van der Waals surface area contributed by atoms with Crippen molar-refractivity contribution in [3.05, 3.63) is 170 Å². The van der Waals surface area contributed by atoms with E-state index in [1.807, 2.05) is 0 Å². The molecule has 0 aliphatic heterocycles. The normalized spacial score (nSPS) is 11.3. The van der Waals surface area contributed by atoms with Gasteiger partial charge in [0.25, 0.3) is 0 Å². The first-order chi connectivity index (χ1) is 20.8. The summed E-state index contributed by atoms with van der Waals surface area (Å²) in [5.41, 5.74) is 9.40. The second kappa shape index (κ2) is 10.1. The molecule has 2 heteroatoms. The molecular formula is C40H28N2. The monoisotopic (exact) mass is 536 g/mol. The highest BCUT2D eigenvalue weighted by atomic mass is 15.1. The molecule has 0 amide bonds. The maximum absolute atomic E-state index is 2.41. The second-order valence-corrected chi connectivity index (χ2v) is 10.6. The van der Waals surface area contributed by atoms with E-state index in [0.29, 0.717) is 0 Å².